The van der Waals surface area contributed by atoms with E-state index in [1.807, 2.05) is 23.1 Å². The van der Waals surface area contributed by atoms with E-state index >= 15 is 0 Å². The van der Waals surface area contributed by atoms with Gasteiger partial charge in [-0.1, -0.05) is 36.4 Å². The first kappa shape index (κ1) is 15.1. The Morgan fingerprint density at radius 1 is 1.14 bits per heavy atom. The molecule has 0 unspecified atom stereocenters. The van der Waals surface area contributed by atoms with E-state index in [1.165, 1.54) is 16.7 Å². The Kier molecular flexibility index (Phi) is 4.49. The zero-order valence-electron chi connectivity index (χ0n) is 12.8. The van der Waals surface area contributed by atoms with Gasteiger partial charge in [0, 0.05) is 18.4 Å². The third-order valence-electron chi connectivity index (χ3n) is 4.22. The first-order valence-corrected chi connectivity index (χ1v) is 8.29. The van der Waals surface area contributed by atoms with E-state index in [9.17, 15) is 4.79 Å². The Bertz CT molecular complexity index is 696. The van der Waals surface area contributed by atoms with Crippen molar-refractivity contribution in [2.24, 2.45) is 0 Å². The predicted octanol–water partition coefficient (Wildman–Crippen LogP) is 4.78. The Balaban J connectivity index is 1.99. The molecule has 2 aromatic rings. The lowest BCUT2D eigenvalue weighted by atomic mass is 9.91. The summed E-state index contributed by atoms with van der Waals surface area (Å²) >= 11 is 5.76. The standard InChI is InChI=1S/C19H20ClNO/c1-14(22)21-13-16-10-9-15(6-4-5-11-20)12-18(16)17-7-2-3-8-19(17)21/h2-3,7-10,12H,4-6,11,13H2,1H3. The van der Waals surface area contributed by atoms with Gasteiger partial charge in [0.05, 0.1) is 12.2 Å². The van der Waals surface area contributed by atoms with Gasteiger partial charge in [0.2, 0.25) is 5.91 Å². The van der Waals surface area contributed by atoms with Crippen LogP contribution in [0.1, 0.15) is 30.9 Å². The molecular weight excluding hydrogens is 294 g/mol. The molecule has 3 rings (SSSR count). The van der Waals surface area contributed by atoms with Crippen LogP contribution >= 0.6 is 11.6 Å². The maximum absolute atomic E-state index is 11.9. The van der Waals surface area contributed by atoms with Crippen LogP contribution in [0.3, 0.4) is 0 Å². The monoisotopic (exact) mass is 313 g/mol. The number of hydrogen-bond acceptors (Lipinski definition) is 1. The lowest BCUT2D eigenvalue weighted by Crippen LogP contribution is -2.30. The molecule has 3 heteroatoms. The number of rotatable bonds is 4. The lowest BCUT2D eigenvalue weighted by molar-refractivity contribution is -0.116. The van der Waals surface area contributed by atoms with Crippen LogP contribution < -0.4 is 4.90 Å². The van der Waals surface area contributed by atoms with Crippen molar-refractivity contribution in [3.63, 3.8) is 0 Å². The number of carbonyl (C=O) groups is 1. The molecule has 0 saturated heterocycles. The van der Waals surface area contributed by atoms with Crippen molar-refractivity contribution in [3.8, 4) is 11.1 Å². The molecule has 0 radical (unpaired) electrons. The van der Waals surface area contributed by atoms with Crippen molar-refractivity contribution >= 4 is 23.2 Å². The first-order valence-electron chi connectivity index (χ1n) is 7.76. The number of anilines is 1. The Morgan fingerprint density at radius 3 is 2.73 bits per heavy atom. The van der Waals surface area contributed by atoms with Gasteiger partial charge in [-0.25, -0.2) is 0 Å². The number of unbranched alkanes of at least 4 members (excludes halogenated alkanes) is 1. The number of aryl methyl sites for hydroxylation is 1. The van der Waals surface area contributed by atoms with Crippen LogP contribution in [0.25, 0.3) is 11.1 Å². The van der Waals surface area contributed by atoms with Gasteiger partial charge < -0.3 is 4.90 Å². The topological polar surface area (TPSA) is 20.3 Å². The largest absolute Gasteiger partial charge is 0.308 e. The maximum Gasteiger partial charge on any atom is 0.224 e. The molecule has 22 heavy (non-hydrogen) atoms. The fourth-order valence-corrected chi connectivity index (χ4v) is 3.25. The Labute approximate surface area is 136 Å². The van der Waals surface area contributed by atoms with Crippen molar-refractivity contribution < 1.29 is 4.79 Å². The summed E-state index contributed by atoms with van der Waals surface area (Å²) in [7, 11) is 0. The van der Waals surface area contributed by atoms with E-state index in [-0.39, 0.29) is 5.91 Å². The highest BCUT2D eigenvalue weighted by Gasteiger charge is 2.24. The van der Waals surface area contributed by atoms with Crippen LogP contribution in [0.2, 0.25) is 0 Å². The quantitative estimate of drug-likeness (QED) is 0.587. The highest BCUT2D eigenvalue weighted by Crippen LogP contribution is 2.39. The third-order valence-corrected chi connectivity index (χ3v) is 4.48. The molecule has 0 N–H and O–H groups in total. The highest BCUT2D eigenvalue weighted by atomic mass is 35.5. The number of benzene rings is 2. The smallest absolute Gasteiger partial charge is 0.224 e. The molecule has 1 amide bonds. The van der Waals surface area contributed by atoms with Crippen molar-refractivity contribution in [3.05, 3.63) is 53.6 Å². The van der Waals surface area contributed by atoms with Crippen LogP contribution in [0.15, 0.2) is 42.5 Å². The number of halogens is 1. The number of carbonyl (C=O) groups excluding carboxylic acids is 1. The highest BCUT2D eigenvalue weighted by molar-refractivity contribution is 6.17. The molecule has 0 aromatic heterocycles. The second kappa shape index (κ2) is 6.53. The summed E-state index contributed by atoms with van der Waals surface area (Å²) in [5.74, 6) is 0.811. The number of para-hydroxylation sites is 1. The summed E-state index contributed by atoms with van der Waals surface area (Å²) in [5, 5.41) is 0. The number of fused-ring (bicyclic) bond motifs is 3. The molecule has 0 fully saturated rings. The van der Waals surface area contributed by atoms with E-state index in [1.54, 1.807) is 6.92 Å². The van der Waals surface area contributed by atoms with Gasteiger partial charge in [0.25, 0.3) is 0 Å². The zero-order valence-corrected chi connectivity index (χ0v) is 13.6. The Hall–Kier alpha value is -1.80. The fourth-order valence-electron chi connectivity index (χ4n) is 3.06. The van der Waals surface area contributed by atoms with E-state index in [2.05, 4.69) is 24.3 Å². The molecule has 2 nitrogen and oxygen atoms in total. The summed E-state index contributed by atoms with van der Waals surface area (Å²) < 4.78 is 0. The van der Waals surface area contributed by atoms with Gasteiger partial charge in [-0.3, -0.25) is 4.79 Å². The van der Waals surface area contributed by atoms with Crippen LogP contribution in [-0.2, 0) is 17.8 Å². The van der Waals surface area contributed by atoms with Crippen molar-refractivity contribution in [2.75, 3.05) is 10.8 Å². The number of nitrogens with zero attached hydrogens (tertiary/aromatic N) is 1. The van der Waals surface area contributed by atoms with Crippen LogP contribution in [0.4, 0.5) is 5.69 Å². The molecule has 0 atom stereocenters. The fraction of sp³-hybridized carbons (Fsp3) is 0.316. The van der Waals surface area contributed by atoms with Crippen molar-refractivity contribution in [1.82, 2.24) is 0 Å². The first-order chi connectivity index (χ1) is 10.7. The van der Waals surface area contributed by atoms with Crippen LogP contribution in [0, 0.1) is 0 Å². The summed E-state index contributed by atoms with van der Waals surface area (Å²) in [6.45, 7) is 2.28. The molecule has 1 aliphatic rings. The average molecular weight is 314 g/mol. The number of hydrogen-bond donors (Lipinski definition) is 0. The van der Waals surface area contributed by atoms with Gasteiger partial charge >= 0.3 is 0 Å². The van der Waals surface area contributed by atoms with E-state index in [0.717, 1.165) is 36.4 Å². The van der Waals surface area contributed by atoms with Crippen LogP contribution in [-0.4, -0.2) is 11.8 Å². The van der Waals surface area contributed by atoms with Gasteiger partial charge in [-0.15, -0.1) is 11.6 Å². The predicted molar refractivity (Wildman–Crippen MR) is 92.4 cm³/mol. The molecule has 2 aromatic carbocycles. The molecule has 1 heterocycles. The second-order valence-corrected chi connectivity index (χ2v) is 6.14. The molecule has 0 bridgehead atoms. The molecule has 1 aliphatic heterocycles. The summed E-state index contributed by atoms with van der Waals surface area (Å²) in [6, 6.07) is 14.8. The number of alkyl halides is 1. The summed E-state index contributed by atoms with van der Waals surface area (Å²) in [5.41, 5.74) is 5.99. The Morgan fingerprint density at radius 2 is 1.95 bits per heavy atom. The van der Waals surface area contributed by atoms with Gasteiger partial charge in [-0.2, -0.15) is 0 Å². The van der Waals surface area contributed by atoms with Crippen molar-refractivity contribution in [1.29, 1.82) is 0 Å². The zero-order chi connectivity index (χ0) is 15.5. The molecule has 0 saturated carbocycles. The van der Waals surface area contributed by atoms with E-state index in [4.69, 9.17) is 11.6 Å². The van der Waals surface area contributed by atoms with Gasteiger partial charge in [-0.05, 0) is 42.0 Å². The summed E-state index contributed by atoms with van der Waals surface area (Å²) in [4.78, 5) is 13.8. The van der Waals surface area contributed by atoms with Crippen LogP contribution in [0.5, 0.6) is 0 Å². The van der Waals surface area contributed by atoms with E-state index < -0.39 is 0 Å². The second-order valence-electron chi connectivity index (χ2n) is 5.76. The van der Waals surface area contributed by atoms with Gasteiger partial charge in [0.15, 0.2) is 0 Å². The third kappa shape index (κ3) is 2.89. The molecule has 0 spiro atoms. The molecule has 0 aliphatic carbocycles. The minimum absolute atomic E-state index is 0.0873. The number of amides is 1. The molecule has 114 valence electrons. The summed E-state index contributed by atoms with van der Waals surface area (Å²) in [6.07, 6.45) is 3.22. The average Bonchev–Trinajstić information content (AvgIpc) is 2.54. The van der Waals surface area contributed by atoms with E-state index in [0.29, 0.717) is 6.54 Å². The maximum atomic E-state index is 11.9. The van der Waals surface area contributed by atoms with Gasteiger partial charge in [0.1, 0.15) is 0 Å². The molecular formula is C19H20ClNO. The normalized spacial score (nSPS) is 12.7. The minimum Gasteiger partial charge on any atom is -0.308 e. The minimum atomic E-state index is 0.0873. The lowest BCUT2D eigenvalue weighted by Gasteiger charge is -2.30. The SMILES string of the molecule is CC(=O)N1Cc2ccc(CCCCCl)cc2-c2ccccc21. The van der Waals surface area contributed by atoms with Crippen molar-refractivity contribution in [2.45, 2.75) is 32.7 Å².